The van der Waals surface area contributed by atoms with E-state index in [1.54, 1.807) is 19.2 Å². The highest BCUT2D eigenvalue weighted by Gasteiger charge is 2.36. The van der Waals surface area contributed by atoms with E-state index in [1.807, 2.05) is 12.1 Å². The number of likely N-dealkylation sites (tertiary alicyclic amines) is 1. The van der Waals surface area contributed by atoms with Crippen molar-refractivity contribution >= 4 is 11.9 Å². The summed E-state index contributed by atoms with van der Waals surface area (Å²) in [5, 5.41) is 12.1. The number of benzene rings is 1. The first-order valence-electron chi connectivity index (χ1n) is 7.61. The number of nitrogens with one attached hydrogen (secondary N) is 1. The van der Waals surface area contributed by atoms with Crippen LogP contribution in [0.1, 0.15) is 18.1 Å². The summed E-state index contributed by atoms with van der Waals surface area (Å²) in [7, 11) is 3.16. The summed E-state index contributed by atoms with van der Waals surface area (Å²) in [6.07, 6.45) is 0. The van der Waals surface area contributed by atoms with Gasteiger partial charge in [0, 0.05) is 26.7 Å². The Morgan fingerprint density at radius 2 is 2.13 bits per heavy atom. The van der Waals surface area contributed by atoms with Crippen LogP contribution in [-0.4, -0.2) is 44.1 Å². The van der Waals surface area contributed by atoms with Gasteiger partial charge in [0.2, 0.25) is 0 Å². The number of hydrogen-bond acceptors (Lipinski definition) is 4. The van der Waals surface area contributed by atoms with E-state index < -0.39 is 0 Å². The van der Waals surface area contributed by atoms with Crippen LogP contribution in [0.5, 0.6) is 0 Å². The second-order valence-electron chi connectivity index (χ2n) is 5.72. The normalized spacial score (nSPS) is 21.0. The summed E-state index contributed by atoms with van der Waals surface area (Å²) in [6.45, 7) is 4.05. The molecule has 6 heteroatoms. The molecule has 0 spiro atoms. The average Bonchev–Trinajstić information content (AvgIpc) is 2.97. The molecule has 0 amide bonds. The van der Waals surface area contributed by atoms with E-state index in [-0.39, 0.29) is 17.8 Å². The second-order valence-corrected chi connectivity index (χ2v) is 5.72. The van der Waals surface area contributed by atoms with Gasteiger partial charge in [-0.05, 0) is 23.6 Å². The molecule has 1 aliphatic heterocycles. The molecule has 0 aliphatic carbocycles. The molecule has 1 N–H and O–H groups in total. The van der Waals surface area contributed by atoms with Crippen molar-refractivity contribution in [2.75, 3.05) is 27.2 Å². The lowest BCUT2D eigenvalue weighted by Crippen LogP contribution is -2.40. The first-order valence-corrected chi connectivity index (χ1v) is 7.61. The third kappa shape index (κ3) is 4.01. The molecular weight excluding hydrogens is 292 g/mol. The Bertz CT molecular complexity index is 618. The first kappa shape index (κ1) is 16.8. The Hall–Kier alpha value is -2.55. The van der Waals surface area contributed by atoms with Crippen LogP contribution in [0.3, 0.4) is 0 Å². The van der Waals surface area contributed by atoms with E-state index in [0.29, 0.717) is 18.7 Å². The van der Waals surface area contributed by atoms with Crippen LogP contribution in [0.25, 0.3) is 0 Å². The minimum atomic E-state index is -0.164. The van der Waals surface area contributed by atoms with Crippen LogP contribution >= 0.6 is 0 Å². The molecule has 2 rings (SSSR count). The number of carbonyl (C=O) groups is 1. The number of nitrogens with zero attached hydrogens (tertiary/aromatic N) is 3. The van der Waals surface area contributed by atoms with Gasteiger partial charge in [0.15, 0.2) is 5.96 Å². The highest BCUT2D eigenvalue weighted by molar-refractivity contribution is 5.82. The van der Waals surface area contributed by atoms with Gasteiger partial charge in [0.1, 0.15) is 0 Å². The van der Waals surface area contributed by atoms with Gasteiger partial charge in [-0.3, -0.25) is 9.79 Å². The number of ether oxygens (including phenoxy) is 1. The van der Waals surface area contributed by atoms with E-state index >= 15 is 0 Å². The molecule has 1 fully saturated rings. The molecule has 1 aromatic rings. The zero-order chi connectivity index (χ0) is 16.8. The summed E-state index contributed by atoms with van der Waals surface area (Å²) in [6, 6.07) is 9.54. The lowest BCUT2D eigenvalue weighted by atomic mass is 9.99. The maximum Gasteiger partial charge on any atom is 0.310 e. The first-order chi connectivity index (χ1) is 11.1. The zero-order valence-corrected chi connectivity index (χ0v) is 13.7. The van der Waals surface area contributed by atoms with Crippen molar-refractivity contribution in [1.82, 2.24) is 10.2 Å². The predicted molar refractivity (Wildman–Crippen MR) is 87.6 cm³/mol. The molecular formula is C17H22N4O2. The Labute approximate surface area is 136 Å². The fourth-order valence-corrected chi connectivity index (χ4v) is 2.81. The molecule has 1 saturated heterocycles. The van der Waals surface area contributed by atoms with Gasteiger partial charge < -0.3 is 15.0 Å². The number of rotatable bonds is 3. The van der Waals surface area contributed by atoms with Gasteiger partial charge in [-0.1, -0.05) is 19.1 Å². The number of methoxy groups -OCH3 is 1. The number of carbonyl (C=O) groups excluding carboxylic acids is 1. The van der Waals surface area contributed by atoms with Crippen molar-refractivity contribution in [3.8, 4) is 6.07 Å². The van der Waals surface area contributed by atoms with Gasteiger partial charge in [0.25, 0.3) is 0 Å². The van der Waals surface area contributed by atoms with E-state index in [9.17, 15) is 4.79 Å². The van der Waals surface area contributed by atoms with E-state index in [0.717, 1.165) is 18.1 Å². The summed E-state index contributed by atoms with van der Waals surface area (Å²) in [5.74, 6) is 0.722. The maximum atomic E-state index is 11.8. The molecule has 0 bridgehead atoms. The molecule has 0 radical (unpaired) electrons. The van der Waals surface area contributed by atoms with Crippen molar-refractivity contribution < 1.29 is 9.53 Å². The molecule has 1 aliphatic rings. The lowest BCUT2D eigenvalue weighted by molar-refractivity contribution is -0.145. The molecule has 23 heavy (non-hydrogen) atoms. The van der Waals surface area contributed by atoms with Gasteiger partial charge in [-0.2, -0.15) is 5.26 Å². The summed E-state index contributed by atoms with van der Waals surface area (Å²) >= 11 is 0. The minimum Gasteiger partial charge on any atom is -0.469 e. The largest absolute Gasteiger partial charge is 0.469 e. The second kappa shape index (κ2) is 7.63. The van der Waals surface area contributed by atoms with Gasteiger partial charge >= 0.3 is 5.97 Å². The standard InChI is InChI=1S/C17H22N4O2/c1-12-10-21(11-15(12)16(22)23-3)17(19-2)20-9-14-6-4-13(8-18)5-7-14/h4-7,12,15H,9-11H2,1-3H3,(H,19,20). The van der Waals surface area contributed by atoms with Crippen molar-refractivity contribution in [1.29, 1.82) is 5.26 Å². The van der Waals surface area contributed by atoms with Crippen LogP contribution < -0.4 is 5.32 Å². The Balaban J connectivity index is 1.95. The number of hydrogen-bond donors (Lipinski definition) is 1. The summed E-state index contributed by atoms with van der Waals surface area (Å²) in [5.41, 5.74) is 1.72. The Morgan fingerprint density at radius 1 is 1.43 bits per heavy atom. The fraction of sp³-hybridized carbons (Fsp3) is 0.471. The monoisotopic (exact) mass is 314 g/mol. The van der Waals surface area contributed by atoms with E-state index in [1.165, 1.54) is 7.11 Å². The topological polar surface area (TPSA) is 77.7 Å². The van der Waals surface area contributed by atoms with Crippen LogP contribution in [0, 0.1) is 23.2 Å². The molecule has 122 valence electrons. The molecule has 2 atom stereocenters. The highest BCUT2D eigenvalue weighted by Crippen LogP contribution is 2.24. The molecule has 1 aromatic carbocycles. The number of nitriles is 1. The smallest absolute Gasteiger partial charge is 0.310 e. The fourth-order valence-electron chi connectivity index (χ4n) is 2.81. The predicted octanol–water partition coefficient (Wildman–Crippen LogP) is 1.37. The minimum absolute atomic E-state index is 0.117. The van der Waals surface area contributed by atoms with Crippen molar-refractivity contribution in [3.63, 3.8) is 0 Å². The SMILES string of the molecule is CN=C(NCc1ccc(C#N)cc1)N1CC(C)C(C(=O)OC)C1. The lowest BCUT2D eigenvalue weighted by Gasteiger charge is -2.21. The molecule has 0 aromatic heterocycles. The Morgan fingerprint density at radius 3 is 2.70 bits per heavy atom. The van der Waals surface area contributed by atoms with Crippen LogP contribution in [0.2, 0.25) is 0 Å². The number of aliphatic imine (C=N–C) groups is 1. The van der Waals surface area contributed by atoms with Gasteiger partial charge in [0.05, 0.1) is 24.7 Å². The number of esters is 1. The molecule has 0 saturated carbocycles. The third-order valence-corrected chi connectivity index (χ3v) is 4.16. The van der Waals surface area contributed by atoms with Gasteiger partial charge in [-0.15, -0.1) is 0 Å². The Kier molecular flexibility index (Phi) is 5.58. The van der Waals surface area contributed by atoms with Crippen LogP contribution in [0.4, 0.5) is 0 Å². The number of guanidine groups is 1. The molecule has 2 unspecified atom stereocenters. The van der Waals surface area contributed by atoms with Crippen molar-refractivity contribution in [3.05, 3.63) is 35.4 Å². The van der Waals surface area contributed by atoms with E-state index in [4.69, 9.17) is 10.00 Å². The molecule has 1 heterocycles. The van der Waals surface area contributed by atoms with E-state index in [2.05, 4.69) is 28.2 Å². The quantitative estimate of drug-likeness (QED) is 0.518. The third-order valence-electron chi connectivity index (χ3n) is 4.16. The van der Waals surface area contributed by atoms with Crippen molar-refractivity contribution in [2.24, 2.45) is 16.8 Å². The molecule has 6 nitrogen and oxygen atoms in total. The maximum absolute atomic E-state index is 11.8. The van der Waals surface area contributed by atoms with Gasteiger partial charge in [-0.25, -0.2) is 0 Å². The summed E-state index contributed by atoms with van der Waals surface area (Å²) < 4.78 is 4.87. The summed E-state index contributed by atoms with van der Waals surface area (Å²) in [4.78, 5) is 18.2. The average molecular weight is 314 g/mol. The van der Waals surface area contributed by atoms with Crippen LogP contribution in [0.15, 0.2) is 29.3 Å². The highest BCUT2D eigenvalue weighted by atomic mass is 16.5. The van der Waals surface area contributed by atoms with Crippen molar-refractivity contribution in [2.45, 2.75) is 13.5 Å². The van der Waals surface area contributed by atoms with Crippen LogP contribution in [-0.2, 0) is 16.1 Å². The zero-order valence-electron chi connectivity index (χ0n) is 13.7.